The maximum atomic E-state index is 10.6. The monoisotopic (exact) mass is 215 g/mol. The fourth-order valence-corrected chi connectivity index (χ4v) is 1.28. The van der Waals surface area contributed by atoms with Crippen LogP contribution in [-0.4, -0.2) is 26.0 Å². The fourth-order valence-electron chi connectivity index (χ4n) is 1.28. The smallest absolute Gasteiger partial charge is 0.338 e. The van der Waals surface area contributed by atoms with Crippen molar-refractivity contribution in [3.05, 3.63) is 41.9 Å². The van der Waals surface area contributed by atoms with Crippen molar-refractivity contribution in [3.63, 3.8) is 0 Å². The zero-order valence-corrected chi connectivity index (χ0v) is 8.58. The van der Waals surface area contributed by atoms with Gasteiger partial charge in [-0.1, -0.05) is 6.07 Å². The van der Waals surface area contributed by atoms with Gasteiger partial charge in [-0.3, -0.25) is 4.98 Å². The van der Waals surface area contributed by atoms with Crippen LogP contribution in [0, 0.1) is 6.92 Å². The molecule has 80 valence electrons. The van der Waals surface area contributed by atoms with Crippen LogP contribution in [0.5, 0.6) is 0 Å². The van der Waals surface area contributed by atoms with Gasteiger partial charge in [-0.25, -0.2) is 14.8 Å². The maximum Gasteiger partial charge on any atom is 0.338 e. The van der Waals surface area contributed by atoms with Gasteiger partial charge >= 0.3 is 5.97 Å². The highest BCUT2D eigenvalue weighted by atomic mass is 16.4. The zero-order chi connectivity index (χ0) is 11.5. The van der Waals surface area contributed by atoms with Crippen LogP contribution in [0.3, 0.4) is 0 Å². The molecule has 2 aromatic heterocycles. The number of nitrogens with zero attached hydrogens (tertiary/aromatic N) is 3. The topological polar surface area (TPSA) is 76.0 Å². The van der Waals surface area contributed by atoms with E-state index in [0.717, 1.165) is 5.56 Å². The highest BCUT2D eigenvalue weighted by molar-refractivity contribution is 5.86. The molecule has 0 fully saturated rings. The number of aromatic carboxylic acids is 1. The maximum absolute atomic E-state index is 10.6. The molecule has 0 bridgehead atoms. The number of carboxylic acids is 1. The predicted octanol–water partition coefficient (Wildman–Crippen LogP) is 1.55. The van der Waals surface area contributed by atoms with E-state index in [2.05, 4.69) is 15.0 Å². The first-order valence-corrected chi connectivity index (χ1v) is 4.66. The van der Waals surface area contributed by atoms with Crippen molar-refractivity contribution in [3.8, 4) is 11.5 Å². The molecule has 0 saturated heterocycles. The summed E-state index contributed by atoms with van der Waals surface area (Å²) in [4.78, 5) is 22.7. The molecule has 0 aliphatic carbocycles. The Morgan fingerprint density at radius 1 is 1.25 bits per heavy atom. The minimum Gasteiger partial charge on any atom is -0.478 e. The Balaban J connectivity index is 2.43. The van der Waals surface area contributed by atoms with E-state index in [1.807, 2.05) is 19.1 Å². The van der Waals surface area contributed by atoms with E-state index in [1.54, 1.807) is 6.20 Å². The summed E-state index contributed by atoms with van der Waals surface area (Å²) in [6.07, 6.45) is 4.20. The predicted molar refractivity (Wildman–Crippen MR) is 57.0 cm³/mol. The highest BCUT2D eigenvalue weighted by Gasteiger charge is 2.08. The summed E-state index contributed by atoms with van der Waals surface area (Å²) in [5.41, 5.74) is 1.68. The molecular weight excluding hydrogens is 206 g/mol. The molecule has 16 heavy (non-hydrogen) atoms. The van der Waals surface area contributed by atoms with Crippen LogP contribution in [0.4, 0.5) is 0 Å². The number of carbonyl (C=O) groups is 1. The van der Waals surface area contributed by atoms with Crippen molar-refractivity contribution in [1.29, 1.82) is 0 Å². The molecule has 0 radical (unpaired) electrons. The zero-order valence-electron chi connectivity index (χ0n) is 8.58. The summed E-state index contributed by atoms with van der Waals surface area (Å²) in [6.45, 7) is 1.90. The van der Waals surface area contributed by atoms with Crippen LogP contribution in [0.2, 0.25) is 0 Å². The molecule has 1 N–H and O–H groups in total. The third kappa shape index (κ3) is 1.88. The van der Waals surface area contributed by atoms with E-state index in [1.165, 1.54) is 12.4 Å². The largest absolute Gasteiger partial charge is 0.478 e. The lowest BCUT2D eigenvalue weighted by molar-refractivity contribution is 0.0696. The first-order valence-electron chi connectivity index (χ1n) is 4.66. The average Bonchev–Trinajstić information content (AvgIpc) is 2.30. The molecule has 2 aromatic rings. The van der Waals surface area contributed by atoms with E-state index < -0.39 is 5.97 Å². The van der Waals surface area contributed by atoms with Crippen molar-refractivity contribution in [2.75, 3.05) is 0 Å². The fraction of sp³-hybridized carbons (Fsp3) is 0.0909. The van der Waals surface area contributed by atoms with Crippen LogP contribution < -0.4 is 0 Å². The van der Waals surface area contributed by atoms with Crippen LogP contribution in [0.25, 0.3) is 11.5 Å². The molecular formula is C11H9N3O2. The molecule has 2 rings (SSSR count). The Morgan fingerprint density at radius 3 is 2.50 bits per heavy atom. The van der Waals surface area contributed by atoms with Crippen molar-refractivity contribution in [2.24, 2.45) is 0 Å². The van der Waals surface area contributed by atoms with Gasteiger partial charge in [-0.2, -0.15) is 0 Å². The molecule has 0 unspecified atom stereocenters. The minimum atomic E-state index is -1.04. The summed E-state index contributed by atoms with van der Waals surface area (Å²) in [7, 11) is 0. The molecule has 0 saturated carbocycles. The minimum absolute atomic E-state index is 0.0670. The van der Waals surface area contributed by atoms with Gasteiger partial charge in [-0.05, 0) is 18.6 Å². The summed E-state index contributed by atoms with van der Waals surface area (Å²) in [6, 6.07) is 3.72. The summed E-state index contributed by atoms with van der Waals surface area (Å²) < 4.78 is 0. The lowest BCUT2D eigenvalue weighted by Gasteiger charge is -2.02. The number of pyridine rings is 1. The number of aromatic nitrogens is 3. The molecule has 0 amide bonds. The average molecular weight is 215 g/mol. The van der Waals surface area contributed by atoms with Crippen molar-refractivity contribution in [1.82, 2.24) is 15.0 Å². The first-order chi connectivity index (χ1) is 7.68. The quantitative estimate of drug-likeness (QED) is 0.822. The Hall–Kier alpha value is -2.30. The lowest BCUT2D eigenvalue weighted by atomic mass is 10.2. The van der Waals surface area contributed by atoms with Gasteiger partial charge in [0.05, 0.1) is 5.56 Å². The Morgan fingerprint density at radius 2 is 1.94 bits per heavy atom. The number of hydrogen-bond donors (Lipinski definition) is 1. The second-order valence-corrected chi connectivity index (χ2v) is 3.27. The second kappa shape index (κ2) is 4.06. The SMILES string of the molecule is Cc1cccnc1-c1ncc(C(=O)O)cn1. The Kier molecular flexibility index (Phi) is 2.59. The summed E-state index contributed by atoms with van der Waals surface area (Å²) in [5.74, 6) is -0.604. The summed E-state index contributed by atoms with van der Waals surface area (Å²) >= 11 is 0. The van der Waals surface area contributed by atoms with Crippen molar-refractivity contribution >= 4 is 5.97 Å². The molecule has 5 nitrogen and oxygen atoms in total. The van der Waals surface area contributed by atoms with E-state index in [-0.39, 0.29) is 5.56 Å². The molecule has 2 heterocycles. The molecule has 0 aliphatic rings. The molecule has 5 heteroatoms. The van der Waals surface area contributed by atoms with Crippen molar-refractivity contribution < 1.29 is 9.90 Å². The molecule has 0 aliphatic heterocycles. The second-order valence-electron chi connectivity index (χ2n) is 3.27. The van der Waals surface area contributed by atoms with E-state index in [0.29, 0.717) is 11.5 Å². The molecule has 0 spiro atoms. The van der Waals surface area contributed by atoms with Gasteiger partial charge in [0.1, 0.15) is 5.69 Å². The third-order valence-electron chi connectivity index (χ3n) is 2.12. The molecule has 0 atom stereocenters. The van der Waals surface area contributed by atoms with E-state index in [9.17, 15) is 4.79 Å². The van der Waals surface area contributed by atoms with Gasteiger partial charge in [0, 0.05) is 18.6 Å². The summed E-state index contributed by atoms with van der Waals surface area (Å²) in [5, 5.41) is 8.71. The number of rotatable bonds is 2. The standard InChI is InChI=1S/C11H9N3O2/c1-7-3-2-4-12-9(7)10-13-5-8(6-14-10)11(15)16/h2-6H,1H3,(H,15,16). The number of hydrogen-bond acceptors (Lipinski definition) is 4. The highest BCUT2D eigenvalue weighted by Crippen LogP contribution is 2.15. The normalized spacial score (nSPS) is 10.1. The van der Waals surface area contributed by atoms with Gasteiger partial charge < -0.3 is 5.11 Å². The van der Waals surface area contributed by atoms with Gasteiger partial charge in [-0.15, -0.1) is 0 Å². The van der Waals surface area contributed by atoms with E-state index in [4.69, 9.17) is 5.11 Å². The Labute approximate surface area is 91.8 Å². The van der Waals surface area contributed by atoms with Crippen molar-refractivity contribution in [2.45, 2.75) is 6.92 Å². The van der Waals surface area contributed by atoms with E-state index >= 15 is 0 Å². The van der Waals surface area contributed by atoms with Gasteiger partial charge in [0.15, 0.2) is 5.82 Å². The van der Waals surface area contributed by atoms with Crippen LogP contribution in [0.15, 0.2) is 30.7 Å². The lowest BCUT2D eigenvalue weighted by Crippen LogP contribution is -2.00. The van der Waals surface area contributed by atoms with Crippen LogP contribution in [-0.2, 0) is 0 Å². The molecule has 0 aromatic carbocycles. The van der Waals surface area contributed by atoms with Crippen LogP contribution in [0.1, 0.15) is 15.9 Å². The first kappa shape index (κ1) is 10.2. The number of carboxylic acid groups (broad SMARTS) is 1. The number of aryl methyl sites for hydroxylation is 1. The van der Waals surface area contributed by atoms with Gasteiger partial charge in [0.25, 0.3) is 0 Å². The van der Waals surface area contributed by atoms with Crippen LogP contribution >= 0.6 is 0 Å². The third-order valence-corrected chi connectivity index (χ3v) is 2.12. The Bertz CT molecular complexity index is 523. The van der Waals surface area contributed by atoms with Gasteiger partial charge in [0.2, 0.25) is 0 Å².